The number of benzene rings is 1. The highest BCUT2D eigenvalue weighted by Gasteiger charge is 2.28. The minimum atomic E-state index is -3.61. The number of hydrogen-bond acceptors (Lipinski definition) is 5. The lowest BCUT2D eigenvalue weighted by molar-refractivity contribution is 0.202. The topological polar surface area (TPSA) is 86.9 Å². The molecule has 3 N–H and O–H groups in total. The summed E-state index contributed by atoms with van der Waals surface area (Å²) >= 11 is 5.81. The molecule has 1 aliphatic heterocycles. The van der Waals surface area contributed by atoms with Crippen molar-refractivity contribution in [1.29, 1.82) is 0 Å². The summed E-state index contributed by atoms with van der Waals surface area (Å²) in [4.78, 5) is 2.16. The van der Waals surface area contributed by atoms with E-state index < -0.39 is 10.0 Å². The van der Waals surface area contributed by atoms with Gasteiger partial charge in [0.1, 0.15) is 4.90 Å². The predicted molar refractivity (Wildman–Crippen MR) is 82.8 cm³/mol. The summed E-state index contributed by atoms with van der Waals surface area (Å²) in [5.41, 5.74) is 5.96. The lowest BCUT2D eigenvalue weighted by atomic mass is 10.3. The van der Waals surface area contributed by atoms with Crippen LogP contribution >= 0.6 is 11.6 Å². The molecular formula is C13H20ClN3O3S. The van der Waals surface area contributed by atoms with Crippen LogP contribution in [0.5, 0.6) is 0 Å². The Morgan fingerprint density at radius 1 is 1.24 bits per heavy atom. The molecule has 118 valence electrons. The van der Waals surface area contributed by atoms with E-state index in [2.05, 4.69) is 4.90 Å². The number of aliphatic hydroxyl groups is 1. The minimum Gasteiger partial charge on any atom is -0.398 e. The first-order valence-electron chi connectivity index (χ1n) is 6.83. The Hall–Kier alpha value is -0.860. The SMILES string of the molecule is Nc1cc(Cl)ccc1S(=O)(=O)N1CCCN(CCO)CC1. The number of sulfonamides is 1. The van der Waals surface area contributed by atoms with Crippen LogP contribution in [0.15, 0.2) is 23.1 Å². The van der Waals surface area contributed by atoms with E-state index >= 15 is 0 Å². The van der Waals surface area contributed by atoms with Gasteiger partial charge in [0.25, 0.3) is 0 Å². The fourth-order valence-corrected chi connectivity index (χ4v) is 4.19. The molecule has 1 aromatic rings. The zero-order chi connectivity index (χ0) is 15.5. The molecule has 1 saturated heterocycles. The predicted octanol–water partition coefficient (Wildman–Crippen LogP) is 0.611. The maximum atomic E-state index is 12.7. The number of hydrogen-bond donors (Lipinski definition) is 2. The van der Waals surface area contributed by atoms with Crippen molar-refractivity contribution in [3.63, 3.8) is 0 Å². The summed E-state index contributed by atoms with van der Waals surface area (Å²) < 4.78 is 26.8. The molecule has 0 saturated carbocycles. The van der Waals surface area contributed by atoms with Crippen LogP contribution in [0.2, 0.25) is 5.02 Å². The first kappa shape index (κ1) is 16.5. The number of β-amino-alcohol motifs (C(OH)–C–C–N with tert-alkyl or cyclic N) is 1. The van der Waals surface area contributed by atoms with Crippen LogP contribution in [0.25, 0.3) is 0 Å². The normalized spacial score (nSPS) is 18.6. The molecule has 21 heavy (non-hydrogen) atoms. The second-order valence-corrected chi connectivity index (χ2v) is 7.35. The Kier molecular flexibility index (Phi) is 5.45. The van der Waals surface area contributed by atoms with Gasteiger partial charge in [-0.3, -0.25) is 4.90 Å². The van der Waals surface area contributed by atoms with E-state index in [4.69, 9.17) is 22.4 Å². The molecule has 0 aromatic heterocycles. The van der Waals surface area contributed by atoms with E-state index in [9.17, 15) is 8.42 Å². The number of nitrogen functional groups attached to an aromatic ring is 1. The lowest BCUT2D eigenvalue weighted by Gasteiger charge is -2.22. The van der Waals surface area contributed by atoms with Gasteiger partial charge < -0.3 is 10.8 Å². The van der Waals surface area contributed by atoms with Gasteiger partial charge in [0, 0.05) is 31.2 Å². The van der Waals surface area contributed by atoms with Crippen LogP contribution in [0.1, 0.15) is 6.42 Å². The Balaban J connectivity index is 2.19. The second kappa shape index (κ2) is 6.93. The van der Waals surface area contributed by atoms with Gasteiger partial charge >= 0.3 is 0 Å². The molecule has 1 aliphatic rings. The number of anilines is 1. The van der Waals surface area contributed by atoms with Crippen LogP contribution in [0, 0.1) is 0 Å². The lowest BCUT2D eigenvalue weighted by Crippen LogP contribution is -2.36. The van der Waals surface area contributed by atoms with Crippen molar-refractivity contribution in [2.45, 2.75) is 11.3 Å². The molecule has 0 atom stereocenters. The van der Waals surface area contributed by atoms with Crippen molar-refractivity contribution in [2.24, 2.45) is 0 Å². The van der Waals surface area contributed by atoms with Gasteiger partial charge in [0.2, 0.25) is 10.0 Å². The average Bonchev–Trinajstić information content (AvgIpc) is 2.65. The number of aliphatic hydroxyl groups excluding tert-OH is 1. The summed E-state index contributed by atoms with van der Waals surface area (Å²) in [6, 6.07) is 4.42. The summed E-state index contributed by atoms with van der Waals surface area (Å²) in [6.07, 6.45) is 0.729. The molecule has 8 heteroatoms. The second-order valence-electron chi connectivity index (χ2n) is 5.01. The highest BCUT2D eigenvalue weighted by Crippen LogP contribution is 2.26. The van der Waals surface area contributed by atoms with Crippen molar-refractivity contribution < 1.29 is 13.5 Å². The van der Waals surface area contributed by atoms with Crippen molar-refractivity contribution in [3.8, 4) is 0 Å². The standard InChI is InChI=1S/C13H20ClN3O3S/c14-11-2-3-13(12(15)10-11)21(19,20)17-5-1-4-16(6-7-17)8-9-18/h2-3,10,18H,1,4-9,15H2. The van der Waals surface area contributed by atoms with Crippen LogP contribution in [0.3, 0.4) is 0 Å². The smallest absolute Gasteiger partial charge is 0.245 e. The number of halogens is 1. The quantitative estimate of drug-likeness (QED) is 0.788. The van der Waals surface area contributed by atoms with Gasteiger partial charge in [0.05, 0.1) is 12.3 Å². The van der Waals surface area contributed by atoms with Gasteiger partial charge in [-0.05, 0) is 31.2 Å². The van der Waals surface area contributed by atoms with Gasteiger partial charge in [-0.25, -0.2) is 8.42 Å². The first-order valence-corrected chi connectivity index (χ1v) is 8.65. The summed E-state index contributed by atoms with van der Waals surface area (Å²) in [5.74, 6) is 0. The van der Waals surface area contributed by atoms with E-state index in [1.807, 2.05) is 0 Å². The van der Waals surface area contributed by atoms with E-state index in [0.29, 0.717) is 31.2 Å². The zero-order valence-electron chi connectivity index (χ0n) is 11.7. The van der Waals surface area contributed by atoms with Crippen molar-refractivity contribution in [2.75, 3.05) is 45.1 Å². The molecule has 1 heterocycles. The highest BCUT2D eigenvalue weighted by atomic mass is 35.5. The van der Waals surface area contributed by atoms with Crippen molar-refractivity contribution in [3.05, 3.63) is 23.2 Å². The van der Waals surface area contributed by atoms with E-state index in [1.54, 1.807) is 0 Å². The first-order chi connectivity index (χ1) is 9.95. The van der Waals surface area contributed by atoms with Gasteiger partial charge in [0.15, 0.2) is 0 Å². The molecule has 1 aromatic carbocycles. The maximum absolute atomic E-state index is 12.7. The van der Waals surface area contributed by atoms with Gasteiger partial charge in [-0.1, -0.05) is 11.6 Å². The molecular weight excluding hydrogens is 314 g/mol. The van der Waals surface area contributed by atoms with Crippen molar-refractivity contribution >= 4 is 27.3 Å². The third kappa shape index (κ3) is 3.87. The number of nitrogens with two attached hydrogens (primary N) is 1. The molecule has 0 radical (unpaired) electrons. The molecule has 1 fully saturated rings. The summed E-state index contributed by atoms with van der Waals surface area (Å²) in [5, 5.41) is 9.39. The monoisotopic (exact) mass is 333 g/mol. The Morgan fingerprint density at radius 2 is 2.00 bits per heavy atom. The molecule has 0 aliphatic carbocycles. The fourth-order valence-electron chi connectivity index (χ4n) is 2.45. The van der Waals surface area contributed by atoms with Gasteiger partial charge in [-0.2, -0.15) is 4.31 Å². The highest BCUT2D eigenvalue weighted by molar-refractivity contribution is 7.89. The number of rotatable bonds is 4. The summed E-state index contributed by atoms with van der Waals surface area (Å²) in [6.45, 7) is 2.88. The van der Waals surface area contributed by atoms with E-state index in [1.165, 1.54) is 22.5 Å². The Labute approximate surface area is 130 Å². The van der Waals surface area contributed by atoms with Crippen LogP contribution in [0.4, 0.5) is 5.69 Å². The van der Waals surface area contributed by atoms with Crippen molar-refractivity contribution in [1.82, 2.24) is 9.21 Å². The fraction of sp³-hybridized carbons (Fsp3) is 0.538. The average molecular weight is 334 g/mol. The molecule has 2 rings (SSSR count). The third-order valence-electron chi connectivity index (χ3n) is 3.55. The molecule has 0 amide bonds. The Bertz CT molecular complexity index is 594. The van der Waals surface area contributed by atoms with Crippen LogP contribution in [-0.2, 0) is 10.0 Å². The molecule has 0 unspecified atom stereocenters. The minimum absolute atomic E-state index is 0.0802. The third-order valence-corrected chi connectivity index (χ3v) is 5.76. The maximum Gasteiger partial charge on any atom is 0.245 e. The zero-order valence-corrected chi connectivity index (χ0v) is 13.3. The van der Waals surface area contributed by atoms with Gasteiger partial charge in [-0.15, -0.1) is 0 Å². The van der Waals surface area contributed by atoms with E-state index in [-0.39, 0.29) is 17.2 Å². The Morgan fingerprint density at radius 3 is 2.67 bits per heavy atom. The number of nitrogens with zero attached hydrogens (tertiary/aromatic N) is 2. The van der Waals surface area contributed by atoms with Crippen LogP contribution in [-0.4, -0.2) is 62.1 Å². The molecule has 0 bridgehead atoms. The molecule has 0 spiro atoms. The van der Waals surface area contributed by atoms with E-state index in [0.717, 1.165) is 13.0 Å². The van der Waals surface area contributed by atoms with Crippen LogP contribution < -0.4 is 5.73 Å². The largest absolute Gasteiger partial charge is 0.398 e. The molecule has 6 nitrogen and oxygen atoms in total. The summed E-state index contributed by atoms with van der Waals surface area (Å²) in [7, 11) is -3.61.